The number of amides is 1. The van der Waals surface area contributed by atoms with Crippen LogP contribution in [0.1, 0.15) is 66.4 Å². The highest BCUT2D eigenvalue weighted by Crippen LogP contribution is 2.34. The van der Waals surface area contributed by atoms with E-state index in [1.54, 1.807) is 46.4 Å². The van der Waals surface area contributed by atoms with Crippen molar-refractivity contribution in [3.63, 3.8) is 0 Å². The van der Waals surface area contributed by atoms with Gasteiger partial charge in [-0.3, -0.25) is 14.2 Å². The fourth-order valence-electron chi connectivity index (χ4n) is 3.95. The Labute approximate surface area is 193 Å². The second kappa shape index (κ2) is 8.80. The van der Waals surface area contributed by atoms with Gasteiger partial charge in [-0.2, -0.15) is 0 Å². The molecule has 1 aliphatic rings. The predicted molar refractivity (Wildman–Crippen MR) is 122 cm³/mol. The van der Waals surface area contributed by atoms with Gasteiger partial charge in [0.15, 0.2) is 0 Å². The first-order valence-electron chi connectivity index (χ1n) is 11.2. The Morgan fingerprint density at radius 1 is 1.06 bits per heavy atom. The quantitative estimate of drug-likeness (QED) is 0.609. The first-order chi connectivity index (χ1) is 15.1. The summed E-state index contributed by atoms with van der Waals surface area (Å²) in [5.41, 5.74) is -0.728. The van der Waals surface area contributed by atoms with E-state index in [1.807, 2.05) is 6.92 Å². The first kappa shape index (κ1) is 24.7. The van der Waals surface area contributed by atoms with Crippen molar-refractivity contribution in [2.24, 2.45) is 5.92 Å². The molecule has 1 aliphatic heterocycles. The smallest absolute Gasteiger partial charge is 0.419 e. The fourth-order valence-corrected chi connectivity index (χ4v) is 3.95. The van der Waals surface area contributed by atoms with Crippen LogP contribution >= 0.6 is 0 Å². The second-order valence-corrected chi connectivity index (χ2v) is 10.8. The monoisotopic (exact) mass is 460 g/mol. The molecule has 1 saturated heterocycles. The van der Waals surface area contributed by atoms with E-state index >= 15 is 0 Å². The molecule has 0 bridgehead atoms. The zero-order valence-corrected chi connectivity index (χ0v) is 20.4. The maximum atomic E-state index is 14.1. The summed E-state index contributed by atoms with van der Waals surface area (Å²) >= 11 is 0. The molecule has 1 unspecified atom stereocenters. The number of esters is 1. The van der Waals surface area contributed by atoms with Gasteiger partial charge in [-0.15, -0.1) is 0 Å². The summed E-state index contributed by atoms with van der Waals surface area (Å²) in [6.07, 6.45) is 0.602. The molecule has 1 aromatic carbocycles. The molecule has 1 amide bonds. The fraction of sp³-hybridized carbons (Fsp3) is 0.560. The van der Waals surface area contributed by atoms with Gasteiger partial charge in [0.25, 0.3) is 0 Å². The van der Waals surface area contributed by atoms with Crippen molar-refractivity contribution in [2.45, 2.75) is 72.0 Å². The zero-order valence-electron chi connectivity index (χ0n) is 20.4. The topological polar surface area (TPSA) is 77.8 Å². The SMILES string of the molecule is CC1CN(C(=O)C(CC(=O)OC(C)(C)C)c2cn(C(=O)OC(C)(C)C)c3cc(F)ccc23)C1. The maximum Gasteiger partial charge on any atom is 0.419 e. The summed E-state index contributed by atoms with van der Waals surface area (Å²) < 4.78 is 26.3. The van der Waals surface area contributed by atoms with Crippen LogP contribution in [0, 0.1) is 11.7 Å². The van der Waals surface area contributed by atoms with Crippen molar-refractivity contribution in [2.75, 3.05) is 13.1 Å². The largest absolute Gasteiger partial charge is 0.460 e. The minimum atomic E-state index is -0.871. The summed E-state index contributed by atoms with van der Waals surface area (Å²) in [5, 5.41) is 0.512. The van der Waals surface area contributed by atoms with Crippen LogP contribution in [0.15, 0.2) is 24.4 Å². The van der Waals surface area contributed by atoms with Crippen LogP contribution in [0.2, 0.25) is 0 Å². The number of ether oxygens (including phenoxy) is 2. The lowest BCUT2D eigenvalue weighted by molar-refractivity contribution is -0.157. The molecule has 33 heavy (non-hydrogen) atoms. The van der Waals surface area contributed by atoms with Gasteiger partial charge >= 0.3 is 12.1 Å². The molecule has 7 nitrogen and oxygen atoms in total. The molecular formula is C25H33FN2O5. The molecule has 0 radical (unpaired) electrons. The minimum Gasteiger partial charge on any atom is -0.460 e. The zero-order chi connectivity index (χ0) is 24.7. The highest BCUT2D eigenvalue weighted by atomic mass is 19.1. The van der Waals surface area contributed by atoms with Gasteiger partial charge < -0.3 is 14.4 Å². The molecule has 0 saturated carbocycles. The van der Waals surface area contributed by atoms with E-state index in [0.717, 1.165) is 0 Å². The molecule has 8 heteroatoms. The Morgan fingerprint density at radius 3 is 2.21 bits per heavy atom. The molecular weight excluding hydrogens is 427 g/mol. The van der Waals surface area contributed by atoms with Crippen LogP contribution in [0.4, 0.5) is 9.18 Å². The molecule has 180 valence electrons. The summed E-state index contributed by atoms with van der Waals surface area (Å²) in [6.45, 7) is 13.7. The van der Waals surface area contributed by atoms with Crippen LogP contribution in [0.3, 0.4) is 0 Å². The molecule has 1 atom stereocenters. The Kier molecular flexibility index (Phi) is 6.60. The van der Waals surface area contributed by atoms with E-state index in [2.05, 4.69) is 0 Å². The van der Waals surface area contributed by atoms with Crippen molar-refractivity contribution in [1.82, 2.24) is 9.47 Å². The van der Waals surface area contributed by atoms with Crippen LogP contribution in [-0.4, -0.2) is 51.7 Å². The Bertz CT molecular complexity index is 1070. The second-order valence-electron chi connectivity index (χ2n) is 10.8. The lowest BCUT2D eigenvalue weighted by Gasteiger charge is -2.39. The summed E-state index contributed by atoms with van der Waals surface area (Å²) in [5.74, 6) is -1.75. The van der Waals surface area contributed by atoms with Crippen molar-refractivity contribution in [3.05, 3.63) is 35.8 Å². The highest BCUT2D eigenvalue weighted by Gasteiger charge is 2.37. The van der Waals surface area contributed by atoms with Gasteiger partial charge in [0.05, 0.1) is 17.9 Å². The molecule has 0 aliphatic carbocycles. The average molecular weight is 461 g/mol. The number of hydrogen-bond donors (Lipinski definition) is 0. The van der Waals surface area contributed by atoms with Gasteiger partial charge in [-0.1, -0.05) is 6.92 Å². The van der Waals surface area contributed by atoms with Crippen molar-refractivity contribution in [3.8, 4) is 0 Å². The number of rotatable bonds is 4. The molecule has 0 N–H and O–H groups in total. The Balaban J connectivity index is 2.07. The number of carbonyl (C=O) groups excluding carboxylic acids is 3. The summed E-state index contributed by atoms with van der Waals surface area (Å²) in [7, 11) is 0. The van der Waals surface area contributed by atoms with Gasteiger partial charge in [0.1, 0.15) is 17.0 Å². The van der Waals surface area contributed by atoms with Gasteiger partial charge in [0, 0.05) is 24.7 Å². The molecule has 2 aromatic rings. The van der Waals surface area contributed by atoms with E-state index < -0.39 is 35.0 Å². The van der Waals surface area contributed by atoms with Crippen LogP contribution in [-0.2, 0) is 19.1 Å². The predicted octanol–water partition coefficient (Wildman–Crippen LogP) is 4.86. The van der Waals surface area contributed by atoms with E-state index in [1.165, 1.54) is 29.0 Å². The van der Waals surface area contributed by atoms with Gasteiger partial charge in [-0.05, 0) is 71.2 Å². The van der Waals surface area contributed by atoms with E-state index in [9.17, 15) is 18.8 Å². The molecule has 2 heterocycles. The van der Waals surface area contributed by atoms with E-state index in [0.29, 0.717) is 30.0 Å². The first-order valence-corrected chi connectivity index (χ1v) is 11.2. The van der Waals surface area contributed by atoms with Crippen LogP contribution in [0.25, 0.3) is 10.9 Å². The molecule has 0 spiro atoms. The normalized spacial score (nSPS) is 15.8. The molecule has 3 rings (SSSR count). The number of nitrogens with zero attached hydrogens (tertiary/aromatic N) is 2. The van der Waals surface area contributed by atoms with E-state index in [4.69, 9.17) is 9.47 Å². The summed E-state index contributed by atoms with van der Waals surface area (Å²) in [6, 6.07) is 4.02. The third-order valence-corrected chi connectivity index (χ3v) is 5.23. The molecule has 1 aromatic heterocycles. The standard InChI is InChI=1S/C25H33FN2O5/c1-15-12-27(13-15)22(30)18(11-21(29)32-24(2,3)4)19-14-28(23(31)33-25(5,6)7)20-10-16(26)8-9-17(19)20/h8-10,14-15,18H,11-13H2,1-7H3. The Hall–Kier alpha value is -2.90. The Morgan fingerprint density at radius 2 is 1.67 bits per heavy atom. The van der Waals surface area contributed by atoms with E-state index in [-0.39, 0.29) is 17.8 Å². The highest BCUT2D eigenvalue weighted by molar-refractivity contribution is 5.98. The van der Waals surface area contributed by atoms with Crippen molar-refractivity contribution in [1.29, 1.82) is 0 Å². The third kappa shape index (κ3) is 5.92. The number of fused-ring (bicyclic) bond motifs is 1. The van der Waals surface area contributed by atoms with Crippen LogP contribution < -0.4 is 0 Å². The number of benzene rings is 1. The van der Waals surface area contributed by atoms with Crippen molar-refractivity contribution >= 4 is 28.9 Å². The van der Waals surface area contributed by atoms with Gasteiger partial charge in [0.2, 0.25) is 5.91 Å². The van der Waals surface area contributed by atoms with Gasteiger partial charge in [-0.25, -0.2) is 9.18 Å². The number of halogens is 1. The van der Waals surface area contributed by atoms with Crippen LogP contribution in [0.5, 0.6) is 0 Å². The maximum absolute atomic E-state index is 14.1. The minimum absolute atomic E-state index is 0.189. The molecule has 1 fully saturated rings. The lowest BCUT2D eigenvalue weighted by Crippen LogP contribution is -2.50. The number of aromatic nitrogens is 1. The lowest BCUT2D eigenvalue weighted by atomic mass is 9.91. The van der Waals surface area contributed by atoms with Crippen molar-refractivity contribution < 1.29 is 28.2 Å². The number of hydrogen-bond acceptors (Lipinski definition) is 5. The number of likely N-dealkylation sites (tertiary alicyclic amines) is 1. The third-order valence-electron chi connectivity index (χ3n) is 5.23. The number of carbonyl (C=O) groups is 3. The summed E-state index contributed by atoms with van der Waals surface area (Å²) in [4.78, 5) is 40.7. The average Bonchev–Trinajstić information content (AvgIpc) is 2.98.